The van der Waals surface area contributed by atoms with E-state index < -0.39 is 6.10 Å². The van der Waals surface area contributed by atoms with Gasteiger partial charge in [0.25, 0.3) is 5.91 Å². The molecule has 1 aliphatic rings. The van der Waals surface area contributed by atoms with Crippen LogP contribution < -0.4 is 10.1 Å². The summed E-state index contributed by atoms with van der Waals surface area (Å²) in [6.45, 7) is 2.56. The fraction of sp³-hybridized carbons (Fsp3) is 0.500. The largest absolute Gasteiger partial charge is 0.480 e. The van der Waals surface area contributed by atoms with Crippen LogP contribution in [0.4, 0.5) is 4.39 Å². The van der Waals surface area contributed by atoms with Crippen molar-refractivity contribution in [2.24, 2.45) is 0 Å². The maximum absolute atomic E-state index is 13.9. The molecule has 2 atom stereocenters. The lowest BCUT2D eigenvalue weighted by atomic mass is 10.1. The van der Waals surface area contributed by atoms with Crippen LogP contribution in [-0.4, -0.2) is 37.6 Å². The second-order valence-electron chi connectivity index (χ2n) is 4.85. The molecule has 19 heavy (non-hydrogen) atoms. The molecule has 0 bridgehead atoms. The zero-order chi connectivity index (χ0) is 14.0. The van der Waals surface area contributed by atoms with Crippen molar-refractivity contribution < 1.29 is 13.9 Å². The van der Waals surface area contributed by atoms with Gasteiger partial charge in [-0.05, 0) is 20.0 Å². The molecule has 1 N–H and O–H groups in total. The van der Waals surface area contributed by atoms with Gasteiger partial charge in [0.05, 0.1) is 0 Å². The van der Waals surface area contributed by atoms with Gasteiger partial charge < -0.3 is 15.0 Å². The van der Waals surface area contributed by atoms with E-state index in [4.69, 9.17) is 4.74 Å². The zero-order valence-corrected chi connectivity index (χ0v) is 11.4. The number of nitrogens with zero attached hydrogens (tertiary/aromatic N) is 1. The van der Waals surface area contributed by atoms with E-state index in [9.17, 15) is 9.18 Å². The molecule has 2 rings (SSSR count). The van der Waals surface area contributed by atoms with Crippen molar-refractivity contribution in [1.29, 1.82) is 0 Å². The van der Waals surface area contributed by atoms with Gasteiger partial charge in [0, 0.05) is 37.7 Å². The molecule has 1 aromatic carbocycles. The molecule has 1 heterocycles. The maximum Gasteiger partial charge on any atom is 0.263 e. The summed E-state index contributed by atoms with van der Waals surface area (Å²) in [5.74, 6) is 0.0319. The van der Waals surface area contributed by atoms with Crippen LogP contribution >= 0.6 is 0 Å². The lowest BCUT2D eigenvalue weighted by Gasteiger charge is -2.15. The molecule has 104 valence electrons. The Kier molecular flexibility index (Phi) is 4.04. The molecule has 1 fully saturated rings. The normalized spacial score (nSPS) is 20.7. The molecule has 2 unspecified atom stereocenters. The molecule has 5 heteroatoms. The van der Waals surface area contributed by atoms with E-state index in [1.807, 2.05) is 6.92 Å². The summed E-state index contributed by atoms with van der Waals surface area (Å²) in [5.41, 5.74) is 0.588. The van der Waals surface area contributed by atoms with E-state index in [1.165, 1.54) is 6.07 Å². The van der Waals surface area contributed by atoms with Crippen molar-refractivity contribution in [3.63, 3.8) is 0 Å². The average molecular weight is 266 g/mol. The van der Waals surface area contributed by atoms with Gasteiger partial charge >= 0.3 is 0 Å². The number of nitrogens with one attached hydrogen (secondary N) is 1. The van der Waals surface area contributed by atoms with Crippen molar-refractivity contribution in [2.75, 3.05) is 20.6 Å². The predicted molar refractivity (Wildman–Crippen MR) is 70.5 cm³/mol. The highest BCUT2D eigenvalue weighted by Crippen LogP contribution is 2.24. The van der Waals surface area contributed by atoms with Crippen LogP contribution in [0.25, 0.3) is 0 Å². The highest BCUT2D eigenvalue weighted by molar-refractivity contribution is 5.83. The second-order valence-corrected chi connectivity index (χ2v) is 4.85. The molecule has 4 nitrogen and oxygen atoms in total. The average Bonchev–Trinajstić information content (AvgIpc) is 2.70. The molecule has 0 saturated carbocycles. The Morgan fingerprint density at radius 3 is 2.79 bits per heavy atom. The summed E-state index contributed by atoms with van der Waals surface area (Å²) in [5, 5.41) is 2.99. The highest BCUT2D eigenvalue weighted by atomic mass is 19.1. The minimum absolute atomic E-state index is 0.0481. The van der Waals surface area contributed by atoms with Crippen LogP contribution in [0.2, 0.25) is 0 Å². The monoisotopic (exact) mass is 266 g/mol. The van der Waals surface area contributed by atoms with E-state index in [0.29, 0.717) is 24.3 Å². The lowest BCUT2D eigenvalue weighted by molar-refractivity contribution is -0.132. The van der Waals surface area contributed by atoms with Gasteiger partial charge in [-0.15, -0.1) is 0 Å². The van der Waals surface area contributed by atoms with Gasteiger partial charge in [0.15, 0.2) is 6.10 Å². The minimum Gasteiger partial charge on any atom is -0.480 e. The Morgan fingerprint density at radius 1 is 1.53 bits per heavy atom. The number of likely N-dealkylation sites (tertiary alicyclic amines) is 1. The van der Waals surface area contributed by atoms with Crippen LogP contribution in [0, 0.1) is 5.82 Å². The van der Waals surface area contributed by atoms with E-state index in [2.05, 4.69) is 5.32 Å². The summed E-state index contributed by atoms with van der Waals surface area (Å²) in [7, 11) is 3.52. The lowest BCUT2D eigenvalue weighted by Crippen LogP contribution is -2.29. The van der Waals surface area contributed by atoms with Gasteiger partial charge in [-0.2, -0.15) is 0 Å². The van der Waals surface area contributed by atoms with Crippen molar-refractivity contribution in [2.45, 2.75) is 25.5 Å². The number of rotatable bonds is 4. The third-order valence-corrected chi connectivity index (χ3v) is 3.53. The van der Waals surface area contributed by atoms with Crippen LogP contribution in [-0.2, 0) is 4.79 Å². The summed E-state index contributed by atoms with van der Waals surface area (Å²) in [4.78, 5) is 13.3. The van der Waals surface area contributed by atoms with E-state index >= 15 is 0 Å². The number of likely N-dealkylation sites (N-methyl/N-ethyl adjacent to an activating group) is 1. The van der Waals surface area contributed by atoms with Gasteiger partial charge in [0.2, 0.25) is 0 Å². The highest BCUT2D eigenvalue weighted by Gasteiger charge is 2.30. The Balaban J connectivity index is 2.10. The molecular weight excluding hydrogens is 247 g/mol. The molecule has 1 amide bonds. The maximum atomic E-state index is 13.9. The molecule has 0 radical (unpaired) electrons. The van der Waals surface area contributed by atoms with Crippen molar-refractivity contribution >= 4 is 5.91 Å². The van der Waals surface area contributed by atoms with Gasteiger partial charge in [-0.3, -0.25) is 4.79 Å². The quantitative estimate of drug-likeness (QED) is 0.902. The molecule has 1 aliphatic heterocycles. The van der Waals surface area contributed by atoms with Crippen LogP contribution in [0.3, 0.4) is 0 Å². The van der Waals surface area contributed by atoms with Gasteiger partial charge in [-0.1, -0.05) is 6.07 Å². The first-order chi connectivity index (χ1) is 9.02. The number of halogens is 1. The van der Waals surface area contributed by atoms with Gasteiger partial charge in [-0.25, -0.2) is 4.39 Å². The Labute approximate surface area is 112 Å². The Hall–Kier alpha value is -1.62. The van der Waals surface area contributed by atoms with Crippen molar-refractivity contribution in [3.8, 4) is 5.75 Å². The molecule has 0 spiro atoms. The topological polar surface area (TPSA) is 41.6 Å². The fourth-order valence-electron chi connectivity index (χ4n) is 2.15. The standard InChI is InChI=1S/C14H19FN2O2/c1-9(16-2)11-5-4-10(8-12(11)15)19-13-6-7-17(3)14(13)18/h4-5,8-9,13,16H,6-7H2,1-3H3. The summed E-state index contributed by atoms with van der Waals surface area (Å²) in [6.07, 6.45) is 0.156. The first-order valence-corrected chi connectivity index (χ1v) is 6.41. The molecule has 0 aromatic heterocycles. The first kappa shape index (κ1) is 13.8. The van der Waals surface area contributed by atoms with Gasteiger partial charge in [0.1, 0.15) is 11.6 Å². The van der Waals surface area contributed by atoms with Crippen molar-refractivity contribution in [3.05, 3.63) is 29.6 Å². The number of carbonyl (C=O) groups is 1. The van der Waals surface area contributed by atoms with Crippen LogP contribution in [0.5, 0.6) is 5.75 Å². The zero-order valence-electron chi connectivity index (χ0n) is 11.4. The van der Waals surface area contributed by atoms with E-state index in [1.54, 1.807) is 31.1 Å². The number of ether oxygens (including phenoxy) is 1. The number of hydrogen-bond acceptors (Lipinski definition) is 3. The third kappa shape index (κ3) is 2.87. The van der Waals surface area contributed by atoms with E-state index in [-0.39, 0.29) is 17.8 Å². The summed E-state index contributed by atoms with van der Waals surface area (Å²) >= 11 is 0. The SMILES string of the molecule is CNC(C)c1ccc(OC2CCN(C)C2=O)cc1F. The molecular formula is C14H19FN2O2. The number of benzene rings is 1. The molecule has 0 aliphatic carbocycles. The predicted octanol–water partition coefficient (Wildman–Crippen LogP) is 1.72. The molecule has 1 aromatic rings. The van der Waals surface area contributed by atoms with Crippen LogP contribution in [0.1, 0.15) is 24.9 Å². The Bertz CT molecular complexity index is 479. The summed E-state index contributed by atoms with van der Waals surface area (Å²) < 4.78 is 19.5. The minimum atomic E-state index is -0.489. The van der Waals surface area contributed by atoms with E-state index in [0.717, 1.165) is 0 Å². The Morgan fingerprint density at radius 2 is 2.26 bits per heavy atom. The fourth-order valence-corrected chi connectivity index (χ4v) is 2.15. The first-order valence-electron chi connectivity index (χ1n) is 6.41. The molecule has 1 saturated heterocycles. The third-order valence-electron chi connectivity index (χ3n) is 3.53. The second kappa shape index (κ2) is 5.57. The summed E-state index contributed by atoms with van der Waals surface area (Å²) in [6, 6.07) is 4.68. The van der Waals surface area contributed by atoms with Crippen molar-refractivity contribution in [1.82, 2.24) is 10.2 Å². The smallest absolute Gasteiger partial charge is 0.263 e. The number of amides is 1. The number of hydrogen-bond donors (Lipinski definition) is 1. The number of carbonyl (C=O) groups excluding carboxylic acids is 1. The van der Waals surface area contributed by atoms with Crippen LogP contribution in [0.15, 0.2) is 18.2 Å².